The lowest BCUT2D eigenvalue weighted by atomic mass is 9.83. The van der Waals surface area contributed by atoms with Crippen LogP contribution in [0.1, 0.15) is 55.7 Å². The first-order chi connectivity index (χ1) is 9.93. The Morgan fingerprint density at radius 1 is 1.19 bits per heavy atom. The molecule has 0 aliphatic heterocycles. The molecule has 0 radical (unpaired) electrons. The van der Waals surface area contributed by atoms with Crippen LogP contribution in [0.5, 0.6) is 0 Å². The highest BCUT2D eigenvalue weighted by Crippen LogP contribution is 2.37. The highest BCUT2D eigenvalue weighted by Gasteiger charge is 2.35. The van der Waals surface area contributed by atoms with Gasteiger partial charge >= 0.3 is 6.18 Å². The SMILES string of the molecule is CNC(CC1CCCCC1)c1cccc(C(F)(F)F)c1F. The molecule has 118 valence electrons. The molecule has 1 fully saturated rings. The van der Waals surface area contributed by atoms with Gasteiger partial charge in [-0.15, -0.1) is 0 Å². The molecular weight excluding hydrogens is 282 g/mol. The van der Waals surface area contributed by atoms with Gasteiger partial charge in [-0.1, -0.05) is 44.2 Å². The molecule has 0 spiro atoms. The van der Waals surface area contributed by atoms with Crippen LogP contribution in [0.2, 0.25) is 0 Å². The van der Waals surface area contributed by atoms with E-state index in [0.29, 0.717) is 12.3 Å². The molecule has 1 aliphatic rings. The van der Waals surface area contributed by atoms with Crippen molar-refractivity contribution in [1.29, 1.82) is 0 Å². The van der Waals surface area contributed by atoms with E-state index >= 15 is 0 Å². The van der Waals surface area contributed by atoms with Gasteiger partial charge in [-0.2, -0.15) is 13.2 Å². The minimum atomic E-state index is -4.65. The fourth-order valence-corrected chi connectivity index (χ4v) is 3.19. The first-order valence-corrected chi connectivity index (χ1v) is 7.46. The number of nitrogens with one attached hydrogen (secondary N) is 1. The third-order valence-corrected chi connectivity index (χ3v) is 4.35. The van der Waals surface area contributed by atoms with E-state index in [1.54, 1.807) is 7.05 Å². The Bertz CT molecular complexity index is 464. The summed E-state index contributed by atoms with van der Waals surface area (Å²) in [5.74, 6) is -0.676. The second-order valence-corrected chi connectivity index (χ2v) is 5.79. The predicted octanol–water partition coefficient (Wildman–Crippen LogP) is 5.08. The molecule has 1 saturated carbocycles. The molecule has 1 aromatic carbocycles. The van der Waals surface area contributed by atoms with Crippen molar-refractivity contribution < 1.29 is 17.6 Å². The largest absolute Gasteiger partial charge is 0.419 e. The second kappa shape index (κ2) is 6.77. The molecule has 0 heterocycles. The van der Waals surface area contributed by atoms with Gasteiger partial charge in [-0.3, -0.25) is 0 Å². The zero-order valence-corrected chi connectivity index (χ0v) is 12.1. The number of hydrogen-bond acceptors (Lipinski definition) is 1. The number of alkyl halides is 3. The Morgan fingerprint density at radius 2 is 1.86 bits per heavy atom. The van der Waals surface area contributed by atoms with Gasteiger partial charge in [0.1, 0.15) is 5.82 Å². The van der Waals surface area contributed by atoms with Crippen LogP contribution in [0.15, 0.2) is 18.2 Å². The van der Waals surface area contributed by atoms with Gasteiger partial charge in [0.15, 0.2) is 0 Å². The molecule has 1 aromatic rings. The molecule has 21 heavy (non-hydrogen) atoms. The lowest BCUT2D eigenvalue weighted by molar-refractivity contribution is -0.140. The topological polar surface area (TPSA) is 12.0 Å². The van der Waals surface area contributed by atoms with Crippen molar-refractivity contribution in [2.75, 3.05) is 7.05 Å². The first-order valence-electron chi connectivity index (χ1n) is 7.46. The molecule has 0 bridgehead atoms. The van der Waals surface area contributed by atoms with Crippen LogP contribution < -0.4 is 5.32 Å². The van der Waals surface area contributed by atoms with Crippen LogP contribution in [0.25, 0.3) is 0 Å². The Labute approximate surface area is 122 Å². The van der Waals surface area contributed by atoms with Gasteiger partial charge < -0.3 is 5.32 Å². The van der Waals surface area contributed by atoms with Crippen LogP contribution >= 0.6 is 0 Å². The predicted molar refractivity (Wildman–Crippen MR) is 74.4 cm³/mol. The smallest absolute Gasteiger partial charge is 0.313 e. The van der Waals surface area contributed by atoms with E-state index in [2.05, 4.69) is 5.32 Å². The third kappa shape index (κ3) is 3.96. The summed E-state index contributed by atoms with van der Waals surface area (Å²) in [5.41, 5.74) is -1.05. The van der Waals surface area contributed by atoms with Crippen LogP contribution in [0.3, 0.4) is 0 Å². The molecule has 1 unspecified atom stereocenters. The summed E-state index contributed by atoms with van der Waals surface area (Å²) < 4.78 is 52.6. The van der Waals surface area contributed by atoms with Crippen LogP contribution in [0, 0.1) is 11.7 Å². The monoisotopic (exact) mass is 303 g/mol. The van der Waals surface area contributed by atoms with Gasteiger partial charge in [0.25, 0.3) is 0 Å². The normalized spacial score (nSPS) is 18.7. The highest BCUT2D eigenvalue weighted by molar-refractivity contribution is 5.30. The summed E-state index contributed by atoms with van der Waals surface area (Å²) in [6, 6.07) is 3.17. The highest BCUT2D eigenvalue weighted by atomic mass is 19.4. The average molecular weight is 303 g/mol. The standard InChI is InChI=1S/C16H21F4N/c1-21-14(10-11-6-3-2-4-7-11)12-8-5-9-13(15(12)17)16(18,19)20/h5,8-9,11,14,21H,2-4,6-7,10H2,1H3. The lowest BCUT2D eigenvalue weighted by Crippen LogP contribution is -2.23. The van der Waals surface area contributed by atoms with Crippen molar-refractivity contribution in [3.8, 4) is 0 Å². The molecular formula is C16H21F4N. The van der Waals surface area contributed by atoms with E-state index in [-0.39, 0.29) is 11.6 Å². The molecule has 0 amide bonds. The lowest BCUT2D eigenvalue weighted by Gasteiger charge is -2.27. The minimum absolute atomic E-state index is 0.123. The van der Waals surface area contributed by atoms with Crippen molar-refractivity contribution in [2.45, 2.75) is 50.7 Å². The maximum Gasteiger partial charge on any atom is 0.419 e. The quantitative estimate of drug-likeness (QED) is 0.765. The van der Waals surface area contributed by atoms with Crippen molar-refractivity contribution >= 4 is 0 Å². The summed E-state index contributed by atoms with van der Waals surface area (Å²) in [5, 5.41) is 2.98. The molecule has 0 saturated heterocycles. The Hall–Kier alpha value is -1.10. The van der Waals surface area contributed by atoms with E-state index in [4.69, 9.17) is 0 Å². The fraction of sp³-hybridized carbons (Fsp3) is 0.625. The first kappa shape index (κ1) is 16.3. The fourth-order valence-electron chi connectivity index (χ4n) is 3.19. The van der Waals surface area contributed by atoms with Crippen LogP contribution in [-0.4, -0.2) is 7.05 Å². The van der Waals surface area contributed by atoms with E-state index in [0.717, 1.165) is 31.7 Å². The van der Waals surface area contributed by atoms with E-state index < -0.39 is 17.6 Å². The van der Waals surface area contributed by atoms with Crippen molar-refractivity contribution in [3.05, 3.63) is 35.1 Å². The number of halogens is 4. The van der Waals surface area contributed by atoms with Gasteiger partial charge in [0.05, 0.1) is 5.56 Å². The molecule has 1 N–H and O–H groups in total. The Kier molecular flexibility index (Phi) is 5.25. The summed E-state index contributed by atoms with van der Waals surface area (Å²) in [7, 11) is 1.67. The summed E-state index contributed by atoms with van der Waals surface area (Å²) in [6.07, 6.45) is 1.74. The maximum atomic E-state index is 14.2. The van der Waals surface area contributed by atoms with Gasteiger partial charge in [0, 0.05) is 11.6 Å². The Balaban J connectivity index is 2.21. The molecule has 0 aromatic heterocycles. The van der Waals surface area contributed by atoms with Gasteiger partial charge in [0.2, 0.25) is 0 Å². The molecule has 1 nitrogen and oxygen atoms in total. The second-order valence-electron chi connectivity index (χ2n) is 5.79. The van der Waals surface area contributed by atoms with E-state index in [9.17, 15) is 17.6 Å². The van der Waals surface area contributed by atoms with Gasteiger partial charge in [-0.05, 0) is 25.5 Å². The molecule has 1 atom stereocenters. The summed E-state index contributed by atoms with van der Waals surface area (Å²) in [4.78, 5) is 0. The summed E-state index contributed by atoms with van der Waals surface area (Å²) in [6.45, 7) is 0. The van der Waals surface area contributed by atoms with Crippen molar-refractivity contribution in [2.24, 2.45) is 5.92 Å². The third-order valence-electron chi connectivity index (χ3n) is 4.35. The number of rotatable bonds is 4. The minimum Gasteiger partial charge on any atom is -0.313 e. The Morgan fingerprint density at radius 3 is 2.43 bits per heavy atom. The molecule has 1 aliphatic carbocycles. The maximum absolute atomic E-state index is 14.2. The zero-order valence-electron chi connectivity index (χ0n) is 12.1. The summed E-state index contributed by atoms with van der Waals surface area (Å²) >= 11 is 0. The van der Waals surface area contributed by atoms with Gasteiger partial charge in [-0.25, -0.2) is 4.39 Å². The number of benzene rings is 1. The van der Waals surface area contributed by atoms with Crippen molar-refractivity contribution in [3.63, 3.8) is 0 Å². The molecule has 5 heteroatoms. The van der Waals surface area contributed by atoms with E-state index in [1.807, 2.05) is 0 Å². The number of hydrogen-bond donors (Lipinski definition) is 1. The zero-order chi connectivity index (χ0) is 15.5. The van der Waals surface area contributed by atoms with Crippen LogP contribution in [-0.2, 0) is 6.18 Å². The van der Waals surface area contributed by atoms with E-state index in [1.165, 1.54) is 18.6 Å². The average Bonchev–Trinajstić information content (AvgIpc) is 2.45. The van der Waals surface area contributed by atoms with Crippen LogP contribution in [0.4, 0.5) is 17.6 Å². The van der Waals surface area contributed by atoms with Crippen molar-refractivity contribution in [1.82, 2.24) is 5.32 Å². The molecule has 2 rings (SSSR count).